The molecular weight excluding hydrogens is 352 g/mol. The molecule has 5 amide bonds. The second kappa shape index (κ2) is 5.97. The molecule has 2 fully saturated rings. The Balaban J connectivity index is 1.45. The number of hydrogen-bond donors (Lipinski definition) is 2. The average Bonchev–Trinajstić information content (AvgIpc) is 3.45. The lowest BCUT2D eigenvalue weighted by Gasteiger charge is -2.26. The number of hydrogen-bond acceptors (Lipinski definition) is 5. The minimum absolute atomic E-state index is 0.0266. The van der Waals surface area contributed by atoms with Crippen LogP contribution in [0.25, 0.3) is 0 Å². The Bertz CT molecular complexity index is 865. The van der Waals surface area contributed by atoms with Gasteiger partial charge in [0.05, 0.1) is 5.69 Å². The van der Waals surface area contributed by atoms with Crippen molar-refractivity contribution in [2.45, 2.75) is 25.3 Å². The average molecular weight is 372 g/mol. The van der Waals surface area contributed by atoms with Crippen LogP contribution in [0.2, 0.25) is 0 Å². The van der Waals surface area contributed by atoms with Crippen molar-refractivity contribution in [3.63, 3.8) is 0 Å². The molecule has 1 atom stereocenters. The monoisotopic (exact) mass is 372 g/mol. The lowest BCUT2D eigenvalue weighted by Crippen LogP contribution is -2.46. The number of urea groups is 1. The maximum atomic E-state index is 12.6. The van der Waals surface area contributed by atoms with Gasteiger partial charge < -0.3 is 20.3 Å². The van der Waals surface area contributed by atoms with Gasteiger partial charge in [0.1, 0.15) is 17.8 Å². The maximum absolute atomic E-state index is 12.6. The number of nitrogens with zero attached hydrogens (tertiary/aromatic N) is 2. The SMILES string of the molecule is CN1C(=O)COc2ccc(NC(=O)CN3C(=O)N[C@@](C)(C4CC4)C3=O)cc21. The van der Waals surface area contributed by atoms with Gasteiger partial charge in [0.15, 0.2) is 6.61 Å². The first-order chi connectivity index (χ1) is 12.8. The van der Waals surface area contributed by atoms with E-state index in [2.05, 4.69) is 10.6 Å². The molecule has 142 valence electrons. The molecule has 0 aromatic heterocycles. The van der Waals surface area contributed by atoms with Gasteiger partial charge in [-0.1, -0.05) is 0 Å². The standard InChI is InChI=1S/C18H20N4O5/c1-18(10-3-4-10)16(25)22(17(26)20-18)8-14(23)19-11-5-6-13-12(7-11)21(2)15(24)9-27-13/h5-7,10H,3-4,8-9H2,1-2H3,(H,19,23)(H,20,26)/t18-/m0/s1. The zero-order chi connectivity index (χ0) is 19.3. The van der Waals surface area contributed by atoms with Crippen LogP contribution in [-0.2, 0) is 14.4 Å². The van der Waals surface area contributed by atoms with Gasteiger partial charge in [-0.3, -0.25) is 19.3 Å². The predicted octanol–water partition coefficient (Wildman–Crippen LogP) is 0.701. The third kappa shape index (κ3) is 2.88. The first-order valence-corrected chi connectivity index (χ1v) is 8.77. The molecule has 9 nitrogen and oxygen atoms in total. The Labute approximate surface area is 155 Å². The van der Waals surface area contributed by atoms with Gasteiger partial charge in [0, 0.05) is 12.7 Å². The number of benzene rings is 1. The van der Waals surface area contributed by atoms with Crippen molar-refractivity contribution in [1.29, 1.82) is 0 Å². The lowest BCUT2D eigenvalue weighted by molar-refractivity contribution is -0.134. The normalized spacial score (nSPS) is 24.4. The molecule has 3 aliphatic rings. The van der Waals surface area contributed by atoms with Gasteiger partial charge in [-0.25, -0.2) is 4.79 Å². The number of carbonyl (C=O) groups excluding carboxylic acids is 4. The van der Waals surface area contributed by atoms with Crippen LogP contribution in [-0.4, -0.2) is 54.4 Å². The van der Waals surface area contributed by atoms with Gasteiger partial charge in [0.2, 0.25) is 5.91 Å². The Morgan fingerprint density at radius 2 is 2.07 bits per heavy atom. The first kappa shape index (κ1) is 17.3. The molecule has 0 unspecified atom stereocenters. The summed E-state index contributed by atoms with van der Waals surface area (Å²) in [6.07, 6.45) is 1.79. The maximum Gasteiger partial charge on any atom is 0.325 e. The minimum Gasteiger partial charge on any atom is -0.482 e. The Morgan fingerprint density at radius 3 is 2.78 bits per heavy atom. The predicted molar refractivity (Wildman–Crippen MR) is 95.4 cm³/mol. The van der Waals surface area contributed by atoms with Crippen LogP contribution in [0, 0.1) is 5.92 Å². The van der Waals surface area contributed by atoms with E-state index in [1.165, 1.54) is 4.90 Å². The molecule has 27 heavy (non-hydrogen) atoms. The summed E-state index contributed by atoms with van der Waals surface area (Å²) in [6, 6.07) is 4.37. The molecule has 1 aromatic carbocycles. The van der Waals surface area contributed by atoms with Gasteiger partial charge in [-0.15, -0.1) is 0 Å². The highest BCUT2D eigenvalue weighted by Crippen LogP contribution is 2.42. The van der Waals surface area contributed by atoms with Crippen molar-refractivity contribution < 1.29 is 23.9 Å². The van der Waals surface area contributed by atoms with E-state index >= 15 is 0 Å². The van der Waals surface area contributed by atoms with E-state index in [1.807, 2.05) is 0 Å². The zero-order valence-electron chi connectivity index (χ0n) is 15.1. The van der Waals surface area contributed by atoms with E-state index in [4.69, 9.17) is 4.74 Å². The molecule has 0 spiro atoms. The number of likely N-dealkylation sites (N-methyl/N-ethyl adjacent to an activating group) is 1. The summed E-state index contributed by atoms with van der Waals surface area (Å²) >= 11 is 0. The Hall–Kier alpha value is -3.10. The van der Waals surface area contributed by atoms with Crippen molar-refractivity contribution in [1.82, 2.24) is 10.2 Å². The number of fused-ring (bicyclic) bond motifs is 1. The van der Waals surface area contributed by atoms with Gasteiger partial charge in [0.25, 0.3) is 11.8 Å². The molecular formula is C18H20N4O5. The Morgan fingerprint density at radius 1 is 1.33 bits per heavy atom. The number of imide groups is 1. The van der Waals surface area contributed by atoms with E-state index in [-0.39, 0.29) is 30.9 Å². The third-order valence-electron chi connectivity index (χ3n) is 5.33. The van der Waals surface area contributed by atoms with Crippen LogP contribution < -0.4 is 20.3 Å². The second-order valence-electron chi connectivity index (χ2n) is 7.27. The highest BCUT2D eigenvalue weighted by atomic mass is 16.5. The molecule has 2 aliphatic heterocycles. The van der Waals surface area contributed by atoms with Crippen LogP contribution >= 0.6 is 0 Å². The molecule has 0 radical (unpaired) electrons. The molecule has 1 aromatic rings. The summed E-state index contributed by atoms with van der Waals surface area (Å²) in [7, 11) is 1.63. The highest BCUT2D eigenvalue weighted by Gasteiger charge is 2.56. The molecule has 0 bridgehead atoms. The third-order valence-corrected chi connectivity index (χ3v) is 5.33. The molecule has 2 heterocycles. The van der Waals surface area contributed by atoms with E-state index < -0.39 is 17.5 Å². The van der Waals surface area contributed by atoms with Crippen molar-refractivity contribution in [3.05, 3.63) is 18.2 Å². The highest BCUT2D eigenvalue weighted by molar-refractivity contribution is 6.10. The van der Waals surface area contributed by atoms with Crippen LogP contribution in [0.3, 0.4) is 0 Å². The fraction of sp³-hybridized carbons (Fsp3) is 0.444. The fourth-order valence-corrected chi connectivity index (χ4v) is 3.49. The number of rotatable bonds is 4. The molecule has 2 N–H and O–H groups in total. The van der Waals surface area contributed by atoms with Crippen molar-refractivity contribution in [3.8, 4) is 5.75 Å². The van der Waals surface area contributed by atoms with Crippen LogP contribution in [0.1, 0.15) is 19.8 Å². The summed E-state index contributed by atoms with van der Waals surface area (Å²) in [5.74, 6) is -0.372. The lowest BCUT2D eigenvalue weighted by atomic mass is 9.96. The summed E-state index contributed by atoms with van der Waals surface area (Å²) in [4.78, 5) is 51.2. The number of anilines is 2. The summed E-state index contributed by atoms with van der Waals surface area (Å²) in [6.45, 7) is 1.32. The number of ether oxygens (including phenoxy) is 1. The largest absolute Gasteiger partial charge is 0.482 e. The van der Waals surface area contributed by atoms with E-state index in [0.717, 1.165) is 17.7 Å². The fourth-order valence-electron chi connectivity index (χ4n) is 3.49. The Kier molecular flexibility index (Phi) is 3.83. The smallest absolute Gasteiger partial charge is 0.325 e. The van der Waals surface area contributed by atoms with E-state index in [0.29, 0.717) is 17.1 Å². The van der Waals surface area contributed by atoms with Gasteiger partial charge in [-0.05, 0) is 43.9 Å². The van der Waals surface area contributed by atoms with Crippen molar-refractivity contribution in [2.75, 3.05) is 30.4 Å². The topological polar surface area (TPSA) is 108 Å². The number of carbonyl (C=O) groups is 4. The molecule has 1 saturated carbocycles. The van der Waals surface area contributed by atoms with E-state index in [9.17, 15) is 19.2 Å². The summed E-state index contributed by atoms with van der Waals surface area (Å²) in [5, 5.41) is 5.37. The van der Waals surface area contributed by atoms with Crippen LogP contribution in [0.5, 0.6) is 5.75 Å². The summed E-state index contributed by atoms with van der Waals surface area (Å²) in [5.41, 5.74) is 0.0742. The van der Waals surface area contributed by atoms with Crippen LogP contribution in [0.4, 0.5) is 16.2 Å². The minimum atomic E-state index is -0.913. The molecule has 1 aliphatic carbocycles. The molecule has 9 heteroatoms. The second-order valence-corrected chi connectivity index (χ2v) is 7.27. The van der Waals surface area contributed by atoms with Gasteiger partial charge >= 0.3 is 6.03 Å². The first-order valence-electron chi connectivity index (χ1n) is 8.77. The molecule has 4 rings (SSSR count). The quantitative estimate of drug-likeness (QED) is 0.757. The molecule has 1 saturated heterocycles. The summed E-state index contributed by atoms with van der Waals surface area (Å²) < 4.78 is 5.34. The van der Waals surface area contributed by atoms with E-state index in [1.54, 1.807) is 32.2 Å². The number of amides is 5. The van der Waals surface area contributed by atoms with Crippen LogP contribution in [0.15, 0.2) is 18.2 Å². The number of nitrogens with one attached hydrogen (secondary N) is 2. The van der Waals surface area contributed by atoms with Crippen molar-refractivity contribution >= 4 is 35.1 Å². The van der Waals surface area contributed by atoms with Gasteiger partial charge in [-0.2, -0.15) is 0 Å². The van der Waals surface area contributed by atoms with Crippen molar-refractivity contribution in [2.24, 2.45) is 5.92 Å². The zero-order valence-corrected chi connectivity index (χ0v) is 15.1.